The molecule has 0 aromatic heterocycles. The smallest absolute Gasteiger partial charge is 0.267 e. The van der Waals surface area contributed by atoms with Crippen molar-refractivity contribution in [3.8, 4) is 5.75 Å². The first-order valence-electron chi connectivity index (χ1n) is 8.98. The van der Waals surface area contributed by atoms with E-state index in [2.05, 4.69) is 10.4 Å². The maximum atomic E-state index is 12.4. The van der Waals surface area contributed by atoms with E-state index in [1.165, 1.54) is 5.01 Å². The minimum atomic E-state index is -0.269. The summed E-state index contributed by atoms with van der Waals surface area (Å²) in [4.78, 5) is 24.7. The van der Waals surface area contributed by atoms with Crippen LogP contribution in [0.2, 0.25) is 0 Å². The summed E-state index contributed by atoms with van der Waals surface area (Å²) in [5, 5.41) is 8.47. The molecule has 0 radical (unpaired) electrons. The number of hydrogen-bond acceptors (Lipinski definition) is 4. The highest BCUT2D eigenvalue weighted by atomic mass is 16.5. The van der Waals surface area contributed by atoms with E-state index < -0.39 is 0 Å². The van der Waals surface area contributed by atoms with Crippen LogP contribution in [0.4, 0.5) is 5.69 Å². The van der Waals surface area contributed by atoms with Gasteiger partial charge in [0.2, 0.25) is 5.91 Å². The number of anilines is 1. The van der Waals surface area contributed by atoms with Crippen molar-refractivity contribution in [3.05, 3.63) is 59.7 Å². The van der Waals surface area contributed by atoms with E-state index in [0.717, 1.165) is 22.6 Å². The zero-order valence-electron chi connectivity index (χ0n) is 15.6. The van der Waals surface area contributed by atoms with Crippen molar-refractivity contribution >= 4 is 23.2 Å². The number of nitrogens with one attached hydrogen (secondary N) is 1. The van der Waals surface area contributed by atoms with Crippen LogP contribution in [0, 0.1) is 13.8 Å². The van der Waals surface area contributed by atoms with E-state index in [4.69, 9.17) is 4.74 Å². The summed E-state index contributed by atoms with van der Waals surface area (Å²) in [6, 6.07) is 15.3. The lowest BCUT2D eigenvalue weighted by Gasteiger charge is -2.24. The van der Waals surface area contributed by atoms with Gasteiger partial charge in [0.1, 0.15) is 18.1 Å². The molecule has 0 saturated heterocycles. The summed E-state index contributed by atoms with van der Waals surface area (Å²) in [6.07, 6.45) is 0.603. The van der Waals surface area contributed by atoms with Crippen LogP contribution in [-0.2, 0) is 9.59 Å². The summed E-state index contributed by atoms with van der Waals surface area (Å²) in [6.45, 7) is 4.61. The van der Waals surface area contributed by atoms with Crippen LogP contribution < -0.4 is 15.1 Å². The quantitative estimate of drug-likeness (QED) is 0.800. The Balaban J connectivity index is 1.62. The number of amides is 2. The molecule has 1 N–H and O–H groups in total. The maximum Gasteiger partial charge on any atom is 0.267 e. The lowest BCUT2D eigenvalue weighted by molar-refractivity contribution is -0.119. The van der Waals surface area contributed by atoms with Gasteiger partial charge in [-0.05, 0) is 43.2 Å². The molecule has 0 spiro atoms. The molecule has 2 amide bonds. The van der Waals surface area contributed by atoms with Crippen molar-refractivity contribution in [2.24, 2.45) is 5.10 Å². The highest BCUT2D eigenvalue weighted by Gasteiger charge is 2.26. The van der Waals surface area contributed by atoms with Gasteiger partial charge in [0.25, 0.3) is 5.91 Å². The van der Waals surface area contributed by atoms with E-state index in [0.29, 0.717) is 25.3 Å². The standard InChI is InChI=1S/C21H23N3O3/c1-15-8-9-16(2)19(14-15)24-20(25)11-10-18(23-24)21(26)22-12-13-27-17-6-4-3-5-7-17/h3-9,14H,10-13H2,1-2H3,(H,22,26). The predicted octanol–water partition coefficient (Wildman–Crippen LogP) is 2.98. The first kappa shape index (κ1) is 18.6. The summed E-state index contributed by atoms with van der Waals surface area (Å²) < 4.78 is 5.56. The average molecular weight is 365 g/mol. The second-order valence-electron chi connectivity index (χ2n) is 6.46. The van der Waals surface area contributed by atoms with Gasteiger partial charge in [-0.3, -0.25) is 9.59 Å². The number of hydrazone groups is 1. The van der Waals surface area contributed by atoms with Crippen LogP contribution in [0.15, 0.2) is 53.6 Å². The predicted molar refractivity (Wildman–Crippen MR) is 105 cm³/mol. The van der Waals surface area contributed by atoms with Crippen molar-refractivity contribution in [3.63, 3.8) is 0 Å². The molecule has 0 fully saturated rings. The molecule has 1 aliphatic rings. The van der Waals surface area contributed by atoms with Crippen molar-refractivity contribution in [2.45, 2.75) is 26.7 Å². The number of ether oxygens (including phenoxy) is 1. The molecule has 27 heavy (non-hydrogen) atoms. The summed E-state index contributed by atoms with van der Waals surface area (Å²) in [5.74, 6) is 0.385. The molecule has 0 bridgehead atoms. The number of aryl methyl sites for hydroxylation is 2. The Morgan fingerprint density at radius 3 is 2.70 bits per heavy atom. The highest BCUT2D eigenvalue weighted by Crippen LogP contribution is 2.25. The fraction of sp³-hybridized carbons (Fsp3) is 0.286. The minimum Gasteiger partial charge on any atom is -0.492 e. The van der Waals surface area contributed by atoms with Crippen molar-refractivity contribution in [1.82, 2.24) is 5.32 Å². The molecule has 0 aliphatic carbocycles. The van der Waals surface area contributed by atoms with Gasteiger partial charge in [-0.15, -0.1) is 0 Å². The topological polar surface area (TPSA) is 71.0 Å². The minimum absolute atomic E-state index is 0.104. The molecule has 140 valence electrons. The third-order valence-corrected chi connectivity index (χ3v) is 4.29. The fourth-order valence-corrected chi connectivity index (χ4v) is 2.80. The number of para-hydroxylation sites is 1. The first-order valence-corrected chi connectivity index (χ1v) is 8.98. The molecule has 2 aromatic rings. The molecule has 0 unspecified atom stereocenters. The van der Waals surface area contributed by atoms with Crippen LogP contribution in [0.25, 0.3) is 0 Å². The average Bonchev–Trinajstić information content (AvgIpc) is 2.68. The molecule has 1 heterocycles. The maximum absolute atomic E-state index is 12.4. The molecule has 1 aliphatic heterocycles. The Kier molecular flexibility index (Phi) is 5.86. The third kappa shape index (κ3) is 4.73. The number of hydrogen-bond donors (Lipinski definition) is 1. The molecule has 2 aromatic carbocycles. The SMILES string of the molecule is Cc1ccc(C)c(N2N=C(C(=O)NCCOc3ccccc3)CCC2=O)c1. The van der Waals surface area contributed by atoms with Crippen molar-refractivity contribution < 1.29 is 14.3 Å². The van der Waals surface area contributed by atoms with Gasteiger partial charge in [0, 0.05) is 12.8 Å². The number of nitrogens with zero attached hydrogens (tertiary/aromatic N) is 2. The van der Waals surface area contributed by atoms with Gasteiger partial charge in [0.05, 0.1) is 12.2 Å². The number of rotatable bonds is 6. The fourth-order valence-electron chi connectivity index (χ4n) is 2.80. The molecular weight excluding hydrogens is 342 g/mol. The molecule has 3 rings (SSSR count). The molecule has 6 heteroatoms. The Bertz CT molecular complexity index is 862. The number of benzene rings is 2. The Hall–Kier alpha value is -3.15. The lowest BCUT2D eigenvalue weighted by atomic mass is 10.1. The first-order chi connectivity index (χ1) is 13.0. The van der Waals surface area contributed by atoms with Crippen LogP contribution >= 0.6 is 0 Å². The lowest BCUT2D eigenvalue weighted by Crippen LogP contribution is -2.40. The van der Waals surface area contributed by atoms with Crippen LogP contribution in [-0.4, -0.2) is 30.7 Å². The largest absolute Gasteiger partial charge is 0.492 e. The Morgan fingerprint density at radius 1 is 1.15 bits per heavy atom. The zero-order chi connectivity index (χ0) is 19.2. The van der Waals surface area contributed by atoms with Crippen LogP contribution in [0.5, 0.6) is 5.75 Å². The van der Waals surface area contributed by atoms with Crippen LogP contribution in [0.1, 0.15) is 24.0 Å². The molecule has 6 nitrogen and oxygen atoms in total. The third-order valence-electron chi connectivity index (χ3n) is 4.29. The van der Waals surface area contributed by atoms with Crippen LogP contribution in [0.3, 0.4) is 0 Å². The van der Waals surface area contributed by atoms with E-state index in [1.54, 1.807) is 0 Å². The summed E-state index contributed by atoms with van der Waals surface area (Å²) in [5.41, 5.74) is 3.05. The second-order valence-corrected chi connectivity index (χ2v) is 6.46. The van der Waals surface area contributed by atoms with E-state index >= 15 is 0 Å². The number of carbonyl (C=O) groups excluding carboxylic acids is 2. The Morgan fingerprint density at radius 2 is 1.93 bits per heavy atom. The van der Waals surface area contributed by atoms with Gasteiger partial charge in [-0.2, -0.15) is 5.10 Å². The van der Waals surface area contributed by atoms with Gasteiger partial charge >= 0.3 is 0 Å². The molecule has 0 saturated carbocycles. The van der Waals surface area contributed by atoms with Gasteiger partial charge in [-0.1, -0.05) is 30.3 Å². The van der Waals surface area contributed by atoms with Crippen molar-refractivity contribution in [1.29, 1.82) is 0 Å². The summed E-state index contributed by atoms with van der Waals surface area (Å²) >= 11 is 0. The molecule has 0 atom stereocenters. The van der Waals surface area contributed by atoms with E-state index in [-0.39, 0.29) is 18.2 Å². The monoisotopic (exact) mass is 365 g/mol. The zero-order valence-corrected chi connectivity index (χ0v) is 15.6. The molecular formula is C21H23N3O3. The normalized spacial score (nSPS) is 13.9. The second kappa shape index (κ2) is 8.49. The van der Waals surface area contributed by atoms with E-state index in [9.17, 15) is 9.59 Å². The highest BCUT2D eigenvalue weighted by molar-refractivity contribution is 6.40. The van der Waals surface area contributed by atoms with E-state index in [1.807, 2.05) is 62.4 Å². The van der Waals surface area contributed by atoms with Gasteiger partial charge in [-0.25, -0.2) is 5.01 Å². The van der Waals surface area contributed by atoms with Gasteiger partial charge < -0.3 is 10.1 Å². The van der Waals surface area contributed by atoms with Gasteiger partial charge in [0.15, 0.2) is 0 Å². The van der Waals surface area contributed by atoms with Crippen molar-refractivity contribution in [2.75, 3.05) is 18.2 Å². The summed E-state index contributed by atoms with van der Waals surface area (Å²) in [7, 11) is 0. The Labute approximate surface area is 158 Å². The number of carbonyl (C=O) groups is 2.